The van der Waals surface area contributed by atoms with Gasteiger partial charge in [-0.1, -0.05) is 60.2 Å². The van der Waals surface area contributed by atoms with E-state index in [2.05, 4.69) is 5.32 Å². The number of aryl methyl sites for hydroxylation is 1. The molecule has 0 aliphatic heterocycles. The van der Waals surface area contributed by atoms with Crippen molar-refractivity contribution in [2.75, 3.05) is 12.8 Å². The molecule has 1 atom stereocenters. The molecule has 0 heterocycles. The Morgan fingerprint density at radius 2 is 1.59 bits per heavy atom. The van der Waals surface area contributed by atoms with Crippen LogP contribution in [-0.4, -0.2) is 31.4 Å². The van der Waals surface area contributed by atoms with Crippen LogP contribution in [0.5, 0.6) is 0 Å². The largest absolute Gasteiger partial charge is 0.348 e. The molecule has 0 aromatic heterocycles. The molecule has 0 radical (unpaired) electrons. The van der Waals surface area contributed by atoms with Crippen LogP contribution in [0.1, 0.15) is 29.7 Å². The molecule has 0 fully saturated rings. The van der Waals surface area contributed by atoms with E-state index in [0.717, 1.165) is 21.6 Å². The number of nitrogens with zero attached hydrogens (tertiary/aromatic N) is 1. The molecule has 0 unspecified atom stereocenters. The van der Waals surface area contributed by atoms with E-state index in [-0.39, 0.29) is 29.9 Å². The average molecular weight is 469 g/mol. The van der Waals surface area contributed by atoms with Gasteiger partial charge in [-0.15, -0.1) is 11.8 Å². The summed E-state index contributed by atoms with van der Waals surface area (Å²) in [5, 5.41) is 2.93. The zero-order chi connectivity index (χ0) is 23.1. The van der Waals surface area contributed by atoms with Crippen LogP contribution < -0.4 is 5.32 Å². The topological polar surface area (TPSA) is 66.5 Å². The highest BCUT2D eigenvalue weighted by Gasteiger charge is 2.27. The normalized spacial score (nSPS) is 12.5. The maximum absolute atomic E-state index is 13.4. The number of sulfonamides is 1. The van der Waals surface area contributed by atoms with Crippen LogP contribution >= 0.6 is 11.8 Å². The Bertz CT molecular complexity index is 1130. The van der Waals surface area contributed by atoms with E-state index in [0.29, 0.717) is 0 Å². The van der Waals surface area contributed by atoms with E-state index in [4.69, 9.17) is 0 Å². The van der Waals surface area contributed by atoms with Gasteiger partial charge in [0, 0.05) is 11.4 Å². The first kappa shape index (κ1) is 24.0. The van der Waals surface area contributed by atoms with E-state index >= 15 is 0 Å². The summed E-state index contributed by atoms with van der Waals surface area (Å²) in [4.78, 5) is 14.2. The maximum atomic E-state index is 13.4. The van der Waals surface area contributed by atoms with Crippen molar-refractivity contribution < 1.29 is 13.2 Å². The van der Waals surface area contributed by atoms with Gasteiger partial charge in [0.1, 0.15) is 0 Å². The molecule has 0 spiro atoms. The number of amides is 1. The Morgan fingerprint density at radius 3 is 2.19 bits per heavy atom. The summed E-state index contributed by atoms with van der Waals surface area (Å²) >= 11 is 1.65. The summed E-state index contributed by atoms with van der Waals surface area (Å²) in [5.74, 6) is -0.349. The molecule has 0 saturated carbocycles. The van der Waals surface area contributed by atoms with Crippen LogP contribution in [0.15, 0.2) is 88.7 Å². The van der Waals surface area contributed by atoms with Crippen molar-refractivity contribution in [3.63, 3.8) is 0 Å². The number of rotatable bonds is 9. The molecule has 168 valence electrons. The van der Waals surface area contributed by atoms with Gasteiger partial charge >= 0.3 is 0 Å². The molecule has 0 saturated heterocycles. The average Bonchev–Trinajstić information content (AvgIpc) is 2.79. The molecule has 0 bridgehead atoms. The van der Waals surface area contributed by atoms with Gasteiger partial charge in [-0.05, 0) is 55.5 Å². The Kier molecular flexibility index (Phi) is 8.12. The molecule has 0 aliphatic rings. The van der Waals surface area contributed by atoms with Crippen molar-refractivity contribution in [2.24, 2.45) is 0 Å². The van der Waals surface area contributed by atoms with E-state index < -0.39 is 10.0 Å². The fraction of sp³-hybridized carbons (Fsp3) is 0.240. The summed E-state index contributed by atoms with van der Waals surface area (Å²) < 4.78 is 27.9. The van der Waals surface area contributed by atoms with Crippen molar-refractivity contribution in [1.29, 1.82) is 0 Å². The third kappa shape index (κ3) is 6.22. The SMILES string of the molecule is CSc1ccc([C@H](C)NC(=O)CN(Cc2ccccc2)S(=O)(=O)c2ccc(C)cc2)cc1. The van der Waals surface area contributed by atoms with E-state index in [9.17, 15) is 13.2 Å². The summed E-state index contributed by atoms with van der Waals surface area (Å²) in [6.07, 6.45) is 2.01. The summed E-state index contributed by atoms with van der Waals surface area (Å²) in [6.45, 7) is 3.64. The van der Waals surface area contributed by atoms with Gasteiger partial charge in [0.2, 0.25) is 15.9 Å². The Balaban J connectivity index is 1.79. The predicted octanol–water partition coefficient (Wildman–Crippen LogP) is 4.79. The second-order valence-corrected chi connectivity index (χ2v) is 10.5. The highest BCUT2D eigenvalue weighted by atomic mass is 32.2. The standard InChI is InChI=1S/C25H28N2O3S2/c1-19-9-15-24(16-10-19)32(29,30)27(17-21-7-5-4-6-8-21)18-25(28)26-20(2)22-11-13-23(31-3)14-12-22/h4-16,20H,17-18H2,1-3H3,(H,26,28)/t20-/m0/s1. The van der Waals surface area contributed by atoms with E-state index in [1.807, 2.05) is 74.7 Å². The molecule has 3 aromatic carbocycles. The monoisotopic (exact) mass is 468 g/mol. The van der Waals surface area contributed by atoms with Gasteiger partial charge in [0.05, 0.1) is 17.5 Å². The molecular weight excluding hydrogens is 440 g/mol. The number of hydrogen-bond donors (Lipinski definition) is 1. The Morgan fingerprint density at radius 1 is 0.969 bits per heavy atom. The van der Waals surface area contributed by atoms with Gasteiger partial charge in [-0.3, -0.25) is 4.79 Å². The molecule has 7 heteroatoms. The van der Waals surface area contributed by atoms with E-state index in [1.165, 1.54) is 4.31 Å². The second-order valence-electron chi connectivity index (χ2n) is 7.63. The highest BCUT2D eigenvalue weighted by Crippen LogP contribution is 2.21. The third-order valence-corrected chi connectivity index (χ3v) is 7.72. The first-order valence-corrected chi connectivity index (χ1v) is 13.0. The molecule has 1 N–H and O–H groups in total. The number of carbonyl (C=O) groups is 1. The number of nitrogens with one attached hydrogen (secondary N) is 1. The van der Waals surface area contributed by atoms with Crippen molar-refractivity contribution in [3.05, 3.63) is 95.6 Å². The Labute approximate surface area is 194 Å². The smallest absolute Gasteiger partial charge is 0.243 e. The minimum atomic E-state index is -3.85. The summed E-state index contributed by atoms with van der Waals surface area (Å²) in [5.41, 5.74) is 2.75. The number of thioether (sulfide) groups is 1. The molecule has 5 nitrogen and oxygen atoms in total. The van der Waals surface area contributed by atoms with E-state index in [1.54, 1.807) is 36.0 Å². The molecular formula is C25H28N2O3S2. The van der Waals surface area contributed by atoms with Crippen LogP contribution in [-0.2, 0) is 21.4 Å². The van der Waals surface area contributed by atoms with Gasteiger partial charge in [-0.2, -0.15) is 4.31 Å². The summed E-state index contributed by atoms with van der Waals surface area (Å²) in [6, 6.07) is 23.7. The molecule has 0 aliphatic carbocycles. The van der Waals surface area contributed by atoms with Crippen LogP contribution in [0.3, 0.4) is 0 Å². The van der Waals surface area contributed by atoms with Gasteiger partial charge in [-0.25, -0.2) is 8.42 Å². The maximum Gasteiger partial charge on any atom is 0.243 e. The minimum absolute atomic E-state index is 0.112. The van der Waals surface area contributed by atoms with Crippen molar-refractivity contribution in [3.8, 4) is 0 Å². The van der Waals surface area contributed by atoms with Crippen LogP contribution in [0, 0.1) is 6.92 Å². The fourth-order valence-electron chi connectivity index (χ4n) is 3.30. The lowest BCUT2D eigenvalue weighted by atomic mass is 10.1. The van der Waals surface area contributed by atoms with Crippen molar-refractivity contribution in [2.45, 2.75) is 36.2 Å². The minimum Gasteiger partial charge on any atom is -0.348 e. The van der Waals surface area contributed by atoms with Crippen molar-refractivity contribution in [1.82, 2.24) is 9.62 Å². The first-order chi connectivity index (χ1) is 15.3. The number of benzene rings is 3. The lowest BCUT2D eigenvalue weighted by molar-refractivity contribution is -0.122. The van der Waals surface area contributed by atoms with Gasteiger partial charge < -0.3 is 5.32 Å². The quantitative estimate of drug-likeness (QED) is 0.459. The predicted molar refractivity (Wildman–Crippen MR) is 130 cm³/mol. The van der Waals surface area contributed by atoms with Crippen molar-refractivity contribution >= 4 is 27.7 Å². The molecule has 1 amide bonds. The lowest BCUT2D eigenvalue weighted by Crippen LogP contribution is -2.41. The zero-order valence-corrected chi connectivity index (χ0v) is 20.1. The van der Waals surface area contributed by atoms with Gasteiger partial charge in [0.25, 0.3) is 0 Å². The lowest BCUT2D eigenvalue weighted by Gasteiger charge is -2.23. The number of hydrogen-bond acceptors (Lipinski definition) is 4. The zero-order valence-electron chi connectivity index (χ0n) is 18.5. The number of carbonyl (C=O) groups excluding carboxylic acids is 1. The fourth-order valence-corrected chi connectivity index (χ4v) is 5.09. The Hall–Kier alpha value is -2.61. The molecule has 3 rings (SSSR count). The molecule has 32 heavy (non-hydrogen) atoms. The highest BCUT2D eigenvalue weighted by molar-refractivity contribution is 7.98. The molecule has 3 aromatic rings. The first-order valence-electron chi connectivity index (χ1n) is 10.3. The van der Waals surface area contributed by atoms with Crippen LogP contribution in [0.25, 0.3) is 0 Å². The van der Waals surface area contributed by atoms with Crippen LogP contribution in [0.4, 0.5) is 0 Å². The third-order valence-electron chi connectivity index (χ3n) is 5.17. The summed E-state index contributed by atoms with van der Waals surface area (Å²) in [7, 11) is -3.85. The second kappa shape index (κ2) is 10.8. The van der Waals surface area contributed by atoms with Crippen LogP contribution in [0.2, 0.25) is 0 Å². The van der Waals surface area contributed by atoms with Gasteiger partial charge in [0.15, 0.2) is 0 Å².